The van der Waals surface area contributed by atoms with E-state index in [1.54, 1.807) is 7.11 Å². The Labute approximate surface area is 136 Å². The Hall–Kier alpha value is -1.68. The predicted octanol–water partition coefficient (Wildman–Crippen LogP) is -0.431. The standard InChI is InChI=1S/C14H23N3O5S/c1-15-23(19,20)13-10-11(4-5-12(13)22-3)14(18)17-7-6-16-8-9-21-2/h4-5,10,15-16H,6-9H2,1-3H3,(H,17,18). The summed E-state index contributed by atoms with van der Waals surface area (Å²) in [5.41, 5.74) is 0.247. The molecule has 0 heterocycles. The third-order valence-corrected chi connectivity index (χ3v) is 4.49. The first-order chi connectivity index (χ1) is 11.0. The fraction of sp³-hybridized carbons (Fsp3) is 0.500. The van der Waals surface area contributed by atoms with Crippen LogP contribution in [-0.2, 0) is 14.8 Å². The molecule has 1 aromatic carbocycles. The summed E-state index contributed by atoms with van der Waals surface area (Å²) >= 11 is 0. The second kappa shape index (κ2) is 9.46. The maximum atomic E-state index is 12.1. The third-order valence-electron chi connectivity index (χ3n) is 3.05. The monoisotopic (exact) mass is 345 g/mol. The molecule has 0 atom stereocenters. The molecule has 1 rings (SSSR count). The highest BCUT2D eigenvalue weighted by molar-refractivity contribution is 7.89. The minimum atomic E-state index is -3.71. The summed E-state index contributed by atoms with van der Waals surface area (Å²) in [5.74, 6) is -0.175. The fourth-order valence-electron chi connectivity index (χ4n) is 1.80. The van der Waals surface area contributed by atoms with Gasteiger partial charge in [-0.2, -0.15) is 0 Å². The van der Waals surface area contributed by atoms with Gasteiger partial charge < -0.3 is 20.1 Å². The van der Waals surface area contributed by atoms with E-state index >= 15 is 0 Å². The van der Waals surface area contributed by atoms with Gasteiger partial charge >= 0.3 is 0 Å². The molecule has 0 aliphatic rings. The van der Waals surface area contributed by atoms with Crippen LogP contribution in [0.2, 0.25) is 0 Å². The molecule has 0 saturated carbocycles. The lowest BCUT2D eigenvalue weighted by molar-refractivity contribution is 0.0953. The van der Waals surface area contributed by atoms with E-state index in [2.05, 4.69) is 15.4 Å². The zero-order valence-electron chi connectivity index (χ0n) is 13.5. The molecule has 0 aliphatic carbocycles. The predicted molar refractivity (Wildman–Crippen MR) is 86.3 cm³/mol. The van der Waals surface area contributed by atoms with Gasteiger partial charge in [0.15, 0.2) is 0 Å². The van der Waals surface area contributed by atoms with Crippen LogP contribution in [0.3, 0.4) is 0 Å². The Balaban J connectivity index is 2.73. The molecule has 0 fully saturated rings. The number of nitrogens with one attached hydrogen (secondary N) is 3. The minimum Gasteiger partial charge on any atom is -0.495 e. The van der Waals surface area contributed by atoms with Crippen LogP contribution in [0.25, 0.3) is 0 Å². The molecule has 0 aromatic heterocycles. The number of ether oxygens (including phenoxy) is 2. The molecule has 1 aromatic rings. The Morgan fingerprint density at radius 2 is 1.91 bits per heavy atom. The van der Waals surface area contributed by atoms with Crippen LogP contribution >= 0.6 is 0 Å². The van der Waals surface area contributed by atoms with Crippen LogP contribution in [0.15, 0.2) is 23.1 Å². The number of benzene rings is 1. The summed E-state index contributed by atoms with van der Waals surface area (Å²) < 4.78 is 36.1. The van der Waals surface area contributed by atoms with Crippen molar-refractivity contribution in [3.63, 3.8) is 0 Å². The topological polar surface area (TPSA) is 106 Å². The number of methoxy groups -OCH3 is 2. The van der Waals surface area contributed by atoms with E-state index < -0.39 is 10.0 Å². The smallest absolute Gasteiger partial charge is 0.251 e. The molecular formula is C14H23N3O5S. The average molecular weight is 345 g/mol. The van der Waals surface area contributed by atoms with Crippen molar-refractivity contribution in [1.29, 1.82) is 0 Å². The Bertz CT molecular complexity index is 619. The van der Waals surface area contributed by atoms with Gasteiger partial charge in [-0.3, -0.25) is 4.79 Å². The number of carbonyl (C=O) groups is 1. The van der Waals surface area contributed by atoms with Gasteiger partial charge in [-0.05, 0) is 25.2 Å². The normalized spacial score (nSPS) is 11.3. The van der Waals surface area contributed by atoms with Crippen LogP contribution in [0.1, 0.15) is 10.4 Å². The van der Waals surface area contributed by atoms with E-state index in [1.807, 2.05) is 0 Å². The van der Waals surface area contributed by atoms with Gasteiger partial charge in [-0.1, -0.05) is 0 Å². The number of hydrogen-bond donors (Lipinski definition) is 3. The zero-order valence-corrected chi connectivity index (χ0v) is 14.3. The van der Waals surface area contributed by atoms with Crippen molar-refractivity contribution in [3.05, 3.63) is 23.8 Å². The Morgan fingerprint density at radius 1 is 1.17 bits per heavy atom. The first-order valence-corrected chi connectivity index (χ1v) is 8.54. The van der Waals surface area contributed by atoms with Crippen LogP contribution in [-0.4, -0.2) is 61.8 Å². The maximum Gasteiger partial charge on any atom is 0.251 e. The molecule has 1 amide bonds. The number of sulfonamides is 1. The van der Waals surface area contributed by atoms with E-state index in [9.17, 15) is 13.2 Å². The molecule has 0 bridgehead atoms. The van der Waals surface area contributed by atoms with Gasteiger partial charge in [0.05, 0.1) is 13.7 Å². The molecule has 0 radical (unpaired) electrons. The summed E-state index contributed by atoms with van der Waals surface area (Å²) in [6.07, 6.45) is 0. The van der Waals surface area contributed by atoms with E-state index in [1.165, 1.54) is 32.4 Å². The van der Waals surface area contributed by atoms with E-state index in [0.29, 0.717) is 26.2 Å². The quantitative estimate of drug-likeness (QED) is 0.497. The van der Waals surface area contributed by atoms with Crippen LogP contribution in [0.4, 0.5) is 0 Å². The first-order valence-electron chi connectivity index (χ1n) is 7.05. The number of hydrogen-bond acceptors (Lipinski definition) is 6. The average Bonchev–Trinajstić information content (AvgIpc) is 2.57. The maximum absolute atomic E-state index is 12.1. The van der Waals surface area contributed by atoms with E-state index in [4.69, 9.17) is 9.47 Å². The lowest BCUT2D eigenvalue weighted by Gasteiger charge is -2.11. The number of rotatable bonds is 10. The molecule has 9 heteroatoms. The molecule has 8 nitrogen and oxygen atoms in total. The summed E-state index contributed by atoms with van der Waals surface area (Å²) in [5, 5.41) is 5.80. The first kappa shape index (κ1) is 19.4. The fourth-order valence-corrected chi connectivity index (χ4v) is 2.72. The highest BCUT2D eigenvalue weighted by Gasteiger charge is 2.19. The molecule has 0 spiro atoms. The SMILES string of the molecule is CNS(=O)(=O)c1cc(C(=O)NCCNCCOC)ccc1OC. The molecular weight excluding hydrogens is 322 g/mol. The van der Waals surface area contributed by atoms with E-state index in [0.717, 1.165) is 0 Å². The molecule has 130 valence electrons. The van der Waals surface area contributed by atoms with Crippen LogP contribution in [0, 0.1) is 0 Å². The molecule has 0 saturated heterocycles. The Kier molecular flexibility index (Phi) is 7.96. The lowest BCUT2D eigenvalue weighted by atomic mass is 10.2. The highest BCUT2D eigenvalue weighted by atomic mass is 32.2. The molecule has 3 N–H and O–H groups in total. The largest absolute Gasteiger partial charge is 0.495 e. The highest BCUT2D eigenvalue weighted by Crippen LogP contribution is 2.24. The van der Waals surface area contributed by atoms with Gasteiger partial charge in [-0.15, -0.1) is 0 Å². The Morgan fingerprint density at radius 3 is 2.52 bits per heavy atom. The van der Waals surface area contributed by atoms with Gasteiger partial charge in [0.25, 0.3) is 5.91 Å². The van der Waals surface area contributed by atoms with Gasteiger partial charge in [0.2, 0.25) is 10.0 Å². The summed E-state index contributed by atoms with van der Waals surface area (Å²) in [6.45, 7) is 2.30. The van der Waals surface area contributed by atoms with Crippen LogP contribution < -0.4 is 20.1 Å². The van der Waals surface area contributed by atoms with Gasteiger partial charge in [-0.25, -0.2) is 13.1 Å². The zero-order chi connectivity index (χ0) is 17.3. The third kappa shape index (κ3) is 5.79. The second-order valence-corrected chi connectivity index (χ2v) is 6.43. The van der Waals surface area contributed by atoms with Crippen molar-refractivity contribution in [2.24, 2.45) is 0 Å². The van der Waals surface area contributed by atoms with Crippen LogP contribution in [0.5, 0.6) is 5.75 Å². The summed E-state index contributed by atoms with van der Waals surface area (Å²) in [7, 11) is 0.571. The van der Waals surface area contributed by atoms with Gasteiger partial charge in [0.1, 0.15) is 10.6 Å². The number of amides is 1. The van der Waals surface area contributed by atoms with Crippen molar-refractivity contribution >= 4 is 15.9 Å². The minimum absolute atomic E-state index is 0.0756. The van der Waals surface area contributed by atoms with Crippen molar-refractivity contribution in [1.82, 2.24) is 15.4 Å². The molecule has 0 unspecified atom stereocenters. The van der Waals surface area contributed by atoms with Crippen molar-refractivity contribution in [3.8, 4) is 5.75 Å². The summed E-state index contributed by atoms with van der Waals surface area (Å²) in [6, 6.07) is 4.26. The molecule has 23 heavy (non-hydrogen) atoms. The van der Waals surface area contributed by atoms with Crippen molar-refractivity contribution in [2.45, 2.75) is 4.90 Å². The number of carbonyl (C=O) groups excluding carboxylic acids is 1. The lowest BCUT2D eigenvalue weighted by Crippen LogP contribution is -2.33. The van der Waals surface area contributed by atoms with Crippen molar-refractivity contribution < 1.29 is 22.7 Å². The second-order valence-electron chi connectivity index (χ2n) is 4.57. The van der Waals surface area contributed by atoms with Crippen molar-refractivity contribution in [2.75, 3.05) is 47.5 Å². The van der Waals surface area contributed by atoms with E-state index in [-0.39, 0.29) is 22.1 Å². The van der Waals surface area contributed by atoms with Gasteiger partial charge in [0, 0.05) is 32.3 Å². The molecule has 0 aliphatic heterocycles. The summed E-state index contributed by atoms with van der Waals surface area (Å²) in [4.78, 5) is 12.0.